The standard InChI is InChI=1S/C13H17F2NO/c1-17-11-7-9(12(14)15)3-4-10(11)13(8-16)5-2-6-13/h3-4,7,12H,2,5-6,8,16H2,1H3. The van der Waals surface area contributed by atoms with E-state index < -0.39 is 6.43 Å². The zero-order valence-corrected chi connectivity index (χ0v) is 9.88. The Kier molecular flexibility index (Phi) is 3.33. The number of methoxy groups -OCH3 is 1. The molecule has 0 amide bonds. The topological polar surface area (TPSA) is 35.2 Å². The fourth-order valence-electron chi connectivity index (χ4n) is 2.47. The molecule has 0 spiro atoms. The Balaban J connectivity index is 2.40. The number of rotatable bonds is 4. The van der Waals surface area contributed by atoms with Gasteiger partial charge in [0.05, 0.1) is 7.11 Å². The second-order valence-corrected chi connectivity index (χ2v) is 4.60. The summed E-state index contributed by atoms with van der Waals surface area (Å²) in [7, 11) is 1.51. The van der Waals surface area contributed by atoms with Crippen LogP contribution in [0.25, 0.3) is 0 Å². The lowest BCUT2D eigenvalue weighted by Crippen LogP contribution is -2.41. The minimum absolute atomic E-state index is 0.00269. The molecular formula is C13H17F2NO. The Morgan fingerprint density at radius 2 is 2.12 bits per heavy atom. The molecule has 0 aliphatic heterocycles. The van der Waals surface area contributed by atoms with Gasteiger partial charge in [-0.25, -0.2) is 8.78 Å². The summed E-state index contributed by atoms with van der Waals surface area (Å²) < 4.78 is 30.4. The second-order valence-electron chi connectivity index (χ2n) is 4.60. The average molecular weight is 241 g/mol. The minimum atomic E-state index is -2.46. The van der Waals surface area contributed by atoms with Crippen molar-refractivity contribution in [3.8, 4) is 5.75 Å². The van der Waals surface area contributed by atoms with Crippen LogP contribution in [-0.2, 0) is 5.41 Å². The molecule has 0 saturated heterocycles. The lowest BCUT2D eigenvalue weighted by atomic mass is 9.64. The fraction of sp³-hybridized carbons (Fsp3) is 0.538. The van der Waals surface area contributed by atoms with Gasteiger partial charge in [0.2, 0.25) is 0 Å². The van der Waals surface area contributed by atoms with Crippen molar-refractivity contribution in [3.05, 3.63) is 29.3 Å². The van der Waals surface area contributed by atoms with Crippen molar-refractivity contribution in [1.29, 1.82) is 0 Å². The summed E-state index contributed by atoms with van der Waals surface area (Å²) in [5, 5.41) is 0. The molecular weight excluding hydrogens is 224 g/mol. The second kappa shape index (κ2) is 4.61. The fourth-order valence-corrected chi connectivity index (χ4v) is 2.47. The van der Waals surface area contributed by atoms with Gasteiger partial charge in [-0.15, -0.1) is 0 Å². The third-order valence-corrected chi connectivity index (χ3v) is 3.75. The third kappa shape index (κ3) is 2.02. The monoisotopic (exact) mass is 241 g/mol. The van der Waals surface area contributed by atoms with Crippen LogP contribution < -0.4 is 10.5 Å². The maximum absolute atomic E-state index is 12.6. The van der Waals surface area contributed by atoms with Gasteiger partial charge < -0.3 is 10.5 Å². The van der Waals surface area contributed by atoms with Gasteiger partial charge >= 0.3 is 0 Å². The summed E-state index contributed by atoms with van der Waals surface area (Å²) in [6.07, 6.45) is 0.687. The van der Waals surface area contributed by atoms with E-state index in [0.717, 1.165) is 24.8 Å². The lowest BCUT2D eigenvalue weighted by molar-refractivity contribution is 0.150. The highest BCUT2D eigenvalue weighted by atomic mass is 19.3. The molecule has 1 saturated carbocycles. The number of hydrogen-bond acceptors (Lipinski definition) is 2. The van der Waals surface area contributed by atoms with Crippen LogP contribution in [0.2, 0.25) is 0 Å². The summed E-state index contributed by atoms with van der Waals surface area (Å²) in [6, 6.07) is 4.64. The molecule has 1 aromatic carbocycles. The van der Waals surface area contributed by atoms with Crippen molar-refractivity contribution in [2.45, 2.75) is 31.1 Å². The Morgan fingerprint density at radius 3 is 2.53 bits per heavy atom. The molecule has 0 atom stereocenters. The van der Waals surface area contributed by atoms with E-state index in [1.54, 1.807) is 6.07 Å². The molecule has 0 heterocycles. The maximum atomic E-state index is 12.6. The van der Waals surface area contributed by atoms with E-state index in [0.29, 0.717) is 12.3 Å². The molecule has 0 radical (unpaired) electrons. The predicted molar refractivity (Wildman–Crippen MR) is 62.5 cm³/mol. The molecule has 1 aliphatic carbocycles. The van der Waals surface area contributed by atoms with E-state index in [-0.39, 0.29) is 11.0 Å². The quantitative estimate of drug-likeness (QED) is 0.879. The van der Waals surface area contributed by atoms with E-state index >= 15 is 0 Å². The molecule has 2 rings (SSSR count). The Hall–Kier alpha value is -1.16. The van der Waals surface area contributed by atoms with Gasteiger partial charge in [0.15, 0.2) is 0 Å². The van der Waals surface area contributed by atoms with Crippen molar-refractivity contribution in [2.75, 3.05) is 13.7 Å². The predicted octanol–water partition coefficient (Wildman–Crippen LogP) is 3.01. The highest BCUT2D eigenvalue weighted by Crippen LogP contribution is 2.46. The molecule has 0 aromatic heterocycles. The van der Waals surface area contributed by atoms with Crippen molar-refractivity contribution in [3.63, 3.8) is 0 Å². The highest BCUT2D eigenvalue weighted by molar-refractivity contribution is 5.44. The van der Waals surface area contributed by atoms with Crippen LogP contribution >= 0.6 is 0 Å². The summed E-state index contributed by atoms with van der Waals surface area (Å²) in [5.74, 6) is 0.535. The molecule has 1 aliphatic rings. The van der Waals surface area contributed by atoms with Gasteiger partial charge in [-0.1, -0.05) is 18.6 Å². The zero-order valence-electron chi connectivity index (χ0n) is 9.88. The van der Waals surface area contributed by atoms with Gasteiger partial charge in [-0.2, -0.15) is 0 Å². The molecule has 2 nitrogen and oxygen atoms in total. The van der Waals surface area contributed by atoms with E-state index in [4.69, 9.17) is 10.5 Å². The SMILES string of the molecule is COc1cc(C(F)F)ccc1C1(CN)CCC1. The Labute approximate surface area is 99.8 Å². The van der Waals surface area contributed by atoms with Crippen LogP contribution in [0.3, 0.4) is 0 Å². The van der Waals surface area contributed by atoms with Gasteiger partial charge in [-0.05, 0) is 18.9 Å². The van der Waals surface area contributed by atoms with Crippen LogP contribution in [0.1, 0.15) is 36.8 Å². The number of benzene rings is 1. The minimum Gasteiger partial charge on any atom is -0.496 e. The summed E-state index contributed by atoms with van der Waals surface area (Å²) in [5.41, 5.74) is 6.72. The van der Waals surface area contributed by atoms with Gasteiger partial charge in [0.25, 0.3) is 6.43 Å². The van der Waals surface area contributed by atoms with E-state index in [1.807, 2.05) is 0 Å². The zero-order chi connectivity index (χ0) is 12.5. The lowest BCUT2D eigenvalue weighted by Gasteiger charge is -2.42. The molecule has 1 aromatic rings. The molecule has 4 heteroatoms. The van der Waals surface area contributed by atoms with E-state index in [2.05, 4.69) is 0 Å². The summed E-state index contributed by atoms with van der Waals surface area (Å²) in [6.45, 7) is 0.539. The first kappa shape index (κ1) is 12.3. The first-order chi connectivity index (χ1) is 8.13. The largest absolute Gasteiger partial charge is 0.496 e. The number of nitrogens with two attached hydrogens (primary N) is 1. The van der Waals surface area contributed by atoms with Crippen LogP contribution in [0.4, 0.5) is 8.78 Å². The molecule has 0 bridgehead atoms. The van der Waals surface area contributed by atoms with Crippen LogP contribution in [0.5, 0.6) is 5.75 Å². The normalized spacial score (nSPS) is 17.9. The smallest absolute Gasteiger partial charge is 0.263 e. The van der Waals surface area contributed by atoms with Crippen LogP contribution in [0, 0.1) is 0 Å². The molecule has 94 valence electrons. The molecule has 17 heavy (non-hydrogen) atoms. The average Bonchev–Trinajstić information content (AvgIpc) is 2.28. The van der Waals surface area contributed by atoms with Crippen molar-refractivity contribution in [1.82, 2.24) is 0 Å². The Bertz CT molecular complexity index is 397. The van der Waals surface area contributed by atoms with Crippen molar-refractivity contribution < 1.29 is 13.5 Å². The highest BCUT2D eigenvalue weighted by Gasteiger charge is 2.39. The molecule has 1 fully saturated rings. The van der Waals surface area contributed by atoms with Crippen LogP contribution in [0.15, 0.2) is 18.2 Å². The first-order valence-electron chi connectivity index (χ1n) is 5.79. The first-order valence-corrected chi connectivity index (χ1v) is 5.79. The summed E-state index contributed by atoms with van der Waals surface area (Å²) >= 11 is 0. The van der Waals surface area contributed by atoms with E-state index in [9.17, 15) is 8.78 Å². The number of halogens is 2. The maximum Gasteiger partial charge on any atom is 0.263 e. The number of ether oxygens (including phenoxy) is 1. The number of alkyl halides is 2. The Morgan fingerprint density at radius 1 is 1.41 bits per heavy atom. The van der Waals surface area contributed by atoms with Crippen LogP contribution in [-0.4, -0.2) is 13.7 Å². The molecule has 2 N–H and O–H groups in total. The van der Waals surface area contributed by atoms with E-state index in [1.165, 1.54) is 19.2 Å². The van der Waals surface area contributed by atoms with Crippen molar-refractivity contribution >= 4 is 0 Å². The molecule has 0 unspecified atom stereocenters. The third-order valence-electron chi connectivity index (χ3n) is 3.75. The van der Waals surface area contributed by atoms with Gasteiger partial charge in [0.1, 0.15) is 5.75 Å². The van der Waals surface area contributed by atoms with Gasteiger partial charge in [0, 0.05) is 23.1 Å². The van der Waals surface area contributed by atoms with Gasteiger partial charge in [-0.3, -0.25) is 0 Å². The van der Waals surface area contributed by atoms with Crippen molar-refractivity contribution in [2.24, 2.45) is 5.73 Å². The number of hydrogen-bond donors (Lipinski definition) is 1. The summed E-state index contributed by atoms with van der Waals surface area (Å²) in [4.78, 5) is 0.